The Morgan fingerprint density at radius 1 is 0.733 bits per heavy atom. The lowest BCUT2D eigenvalue weighted by molar-refractivity contribution is -0.206. The highest BCUT2D eigenvalue weighted by molar-refractivity contribution is 5.92. The molecule has 0 saturated heterocycles. The molecule has 1 atom stereocenters. The Hall–Kier alpha value is -3.92. The molecule has 6 nitrogen and oxygen atoms in total. The molecule has 244 valence electrons. The zero-order valence-electron chi connectivity index (χ0n) is 25.7. The molecule has 10 heteroatoms. The van der Waals surface area contributed by atoms with Gasteiger partial charge in [-0.2, -0.15) is 13.2 Å². The third-order valence-corrected chi connectivity index (χ3v) is 7.02. The fourth-order valence-corrected chi connectivity index (χ4v) is 4.47. The summed E-state index contributed by atoms with van der Waals surface area (Å²) >= 11 is 0. The van der Waals surface area contributed by atoms with E-state index in [4.69, 9.17) is 14.2 Å². The number of unbranched alkanes of at least 4 members (excludes halogenated alkanes) is 5. The van der Waals surface area contributed by atoms with Crippen molar-refractivity contribution in [2.45, 2.75) is 77.5 Å². The van der Waals surface area contributed by atoms with Crippen molar-refractivity contribution in [1.29, 1.82) is 0 Å². The van der Waals surface area contributed by atoms with Crippen LogP contribution in [0.5, 0.6) is 11.5 Å². The minimum atomic E-state index is -4.78. The van der Waals surface area contributed by atoms with Gasteiger partial charge < -0.3 is 18.9 Å². The molecule has 45 heavy (non-hydrogen) atoms. The van der Waals surface area contributed by atoms with E-state index in [1.165, 1.54) is 31.4 Å². The van der Waals surface area contributed by atoms with Crippen molar-refractivity contribution in [3.63, 3.8) is 0 Å². The summed E-state index contributed by atoms with van der Waals surface area (Å²) in [6, 6.07) is 16.8. The van der Waals surface area contributed by atoms with Crippen molar-refractivity contribution >= 4 is 11.9 Å². The van der Waals surface area contributed by atoms with Crippen LogP contribution in [-0.2, 0) is 9.47 Å². The number of esters is 2. The van der Waals surface area contributed by atoms with Gasteiger partial charge in [-0.05, 0) is 86.2 Å². The summed E-state index contributed by atoms with van der Waals surface area (Å²) in [6.45, 7) is 5.37. The summed E-state index contributed by atoms with van der Waals surface area (Å²) in [5.41, 5.74) is 1.47. The van der Waals surface area contributed by atoms with Gasteiger partial charge in [-0.15, -0.1) is 0 Å². The average Bonchev–Trinajstić information content (AvgIpc) is 3.02. The quantitative estimate of drug-likeness (QED) is 0.0602. The molecule has 0 aliphatic rings. The molecule has 0 bridgehead atoms. The smallest absolute Gasteiger partial charge is 0.425 e. The van der Waals surface area contributed by atoms with E-state index in [-0.39, 0.29) is 12.0 Å². The molecule has 3 rings (SSSR count). The Labute approximate surface area is 261 Å². The van der Waals surface area contributed by atoms with Gasteiger partial charge in [0, 0.05) is 13.2 Å². The molecule has 0 spiro atoms. The van der Waals surface area contributed by atoms with Gasteiger partial charge >= 0.3 is 18.1 Å². The summed E-state index contributed by atoms with van der Waals surface area (Å²) in [6.07, 6.45) is -1.26. The number of benzene rings is 3. The lowest BCUT2D eigenvalue weighted by Gasteiger charge is -2.20. The predicted molar refractivity (Wildman–Crippen MR) is 163 cm³/mol. The number of carbonyl (C=O) groups excluding carboxylic acids is 2. The van der Waals surface area contributed by atoms with E-state index < -0.39 is 47.8 Å². The summed E-state index contributed by atoms with van der Waals surface area (Å²) < 4.78 is 75.6. The van der Waals surface area contributed by atoms with E-state index in [0.29, 0.717) is 32.3 Å². The number of ether oxygens (including phenoxy) is 4. The third-order valence-electron chi connectivity index (χ3n) is 7.02. The minimum absolute atomic E-state index is 0.127. The van der Waals surface area contributed by atoms with Crippen LogP contribution in [0.15, 0.2) is 66.7 Å². The van der Waals surface area contributed by atoms with Gasteiger partial charge in [-0.1, -0.05) is 56.9 Å². The van der Waals surface area contributed by atoms with Crippen molar-refractivity contribution in [3.05, 3.63) is 83.7 Å². The van der Waals surface area contributed by atoms with E-state index in [9.17, 15) is 27.2 Å². The second kappa shape index (κ2) is 18.1. The first-order valence-electron chi connectivity index (χ1n) is 15.3. The fourth-order valence-electron chi connectivity index (χ4n) is 4.47. The maximum atomic E-state index is 14.7. The fraction of sp³-hybridized carbons (Fsp3) is 0.429. The Balaban J connectivity index is 1.54. The molecule has 1 unspecified atom stereocenters. The van der Waals surface area contributed by atoms with E-state index in [2.05, 4.69) is 11.7 Å². The van der Waals surface area contributed by atoms with E-state index in [1.54, 1.807) is 19.1 Å². The van der Waals surface area contributed by atoms with Crippen LogP contribution in [0.4, 0.5) is 17.6 Å². The van der Waals surface area contributed by atoms with E-state index in [1.807, 2.05) is 24.3 Å². The van der Waals surface area contributed by atoms with Crippen LogP contribution in [0.1, 0.15) is 85.9 Å². The highest BCUT2D eigenvalue weighted by atomic mass is 19.4. The molecular formula is C35H40F4O6. The summed E-state index contributed by atoms with van der Waals surface area (Å²) in [7, 11) is 0. The van der Waals surface area contributed by atoms with Gasteiger partial charge in [-0.25, -0.2) is 14.0 Å². The van der Waals surface area contributed by atoms with Gasteiger partial charge in [0.2, 0.25) is 0 Å². The maximum absolute atomic E-state index is 14.7. The van der Waals surface area contributed by atoms with E-state index in [0.717, 1.165) is 41.9 Å². The largest absolute Gasteiger partial charge is 0.494 e. The Bertz CT molecular complexity index is 1340. The molecule has 0 radical (unpaired) electrons. The zero-order chi connectivity index (χ0) is 32.7. The van der Waals surface area contributed by atoms with Gasteiger partial charge in [0.15, 0.2) is 17.7 Å². The van der Waals surface area contributed by atoms with Crippen LogP contribution >= 0.6 is 0 Å². The highest BCUT2D eigenvalue weighted by Crippen LogP contribution is 2.29. The van der Waals surface area contributed by atoms with Gasteiger partial charge in [0.05, 0.1) is 17.7 Å². The van der Waals surface area contributed by atoms with Crippen molar-refractivity contribution in [3.8, 4) is 22.6 Å². The Kier molecular flexibility index (Phi) is 14.3. The van der Waals surface area contributed by atoms with Crippen LogP contribution in [-0.4, -0.2) is 44.0 Å². The van der Waals surface area contributed by atoms with Gasteiger partial charge in [-0.3, -0.25) is 0 Å². The molecule has 0 aromatic heterocycles. The first-order chi connectivity index (χ1) is 21.6. The van der Waals surface area contributed by atoms with Gasteiger partial charge in [0.25, 0.3) is 0 Å². The van der Waals surface area contributed by atoms with Crippen LogP contribution in [0, 0.1) is 5.82 Å². The van der Waals surface area contributed by atoms with Crippen LogP contribution < -0.4 is 9.47 Å². The average molecular weight is 633 g/mol. The van der Waals surface area contributed by atoms with Crippen LogP contribution in [0.25, 0.3) is 11.1 Å². The third kappa shape index (κ3) is 11.8. The lowest BCUT2D eigenvalue weighted by Crippen LogP contribution is -2.34. The molecule has 0 N–H and O–H groups in total. The number of hydrogen-bond acceptors (Lipinski definition) is 6. The minimum Gasteiger partial charge on any atom is -0.494 e. The SMILES string of the molecule is CCCCCCCOc1ccc(-c2ccc(C(=O)Oc3ccc(C(=O)OC(CCCCOCC)C(F)(F)F)cc3F)cc2)cc1. The number of hydrogen-bond donors (Lipinski definition) is 0. The predicted octanol–water partition coefficient (Wildman–Crippen LogP) is 9.36. The number of halogens is 4. The lowest BCUT2D eigenvalue weighted by atomic mass is 10.0. The van der Waals surface area contributed by atoms with Crippen LogP contribution in [0.2, 0.25) is 0 Å². The summed E-state index contributed by atoms with van der Waals surface area (Å²) in [4.78, 5) is 25.0. The molecule has 0 heterocycles. The highest BCUT2D eigenvalue weighted by Gasteiger charge is 2.42. The van der Waals surface area contributed by atoms with Crippen LogP contribution in [0.3, 0.4) is 0 Å². The molecule has 3 aromatic carbocycles. The zero-order valence-corrected chi connectivity index (χ0v) is 25.7. The topological polar surface area (TPSA) is 71.1 Å². The number of alkyl halides is 3. The molecular weight excluding hydrogens is 592 g/mol. The molecule has 0 fully saturated rings. The van der Waals surface area contributed by atoms with Crippen molar-refractivity contribution in [2.24, 2.45) is 0 Å². The first kappa shape index (κ1) is 35.6. The van der Waals surface area contributed by atoms with Crippen molar-refractivity contribution in [1.82, 2.24) is 0 Å². The first-order valence-corrected chi connectivity index (χ1v) is 15.3. The van der Waals surface area contributed by atoms with Crippen molar-refractivity contribution < 1.29 is 46.1 Å². The number of carbonyl (C=O) groups is 2. The molecule has 0 aliphatic carbocycles. The number of rotatable bonds is 18. The monoisotopic (exact) mass is 632 g/mol. The molecule has 0 saturated carbocycles. The Morgan fingerprint density at radius 3 is 1.98 bits per heavy atom. The second-order valence-corrected chi connectivity index (χ2v) is 10.5. The van der Waals surface area contributed by atoms with Crippen molar-refractivity contribution in [2.75, 3.05) is 19.8 Å². The Morgan fingerprint density at radius 2 is 1.36 bits per heavy atom. The second-order valence-electron chi connectivity index (χ2n) is 10.5. The summed E-state index contributed by atoms with van der Waals surface area (Å²) in [5.74, 6) is -2.98. The maximum Gasteiger partial charge on any atom is 0.425 e. The summed E-state index contributed by atoms with van der Waals surface area (Å²) in [5, 5.41) is 0. The molecule has 0 aliphatic heterocycles. The molecule has 3 aromatic rings. The van der Waals surface area contributed by atoms with Gasteiger partial charge in [0.1, 0.15) is 5.75 Å². The van der Waals surface area contributed by atoms with E-state index >= 15 is 0 Å². The standard InChI is InChI=1S/C35H40F4O6/c1-3-5-6-7-9-23-43-29-19-16-26(17-20-29)25-12-14-27(15-13-25)33(40)44-31-21-18-28(24-30(31)36)34(41)45-32(35(37,38)39)11-8-10-22-42-4-2/h12-21,24,32H,3-11,22-23H2,1-2H3. The molecule has 0 amide bonds. The normalized spacial score (nSPS) is 12.0.